The summed E-state index contributed by atoms with van der Waals surface area (Å²) < 4.78 is 5.72. The first kappa shape index (κ1) is 13.5. The van der Waals surface area contributed by atoms with Gasteiger partial charge in [-0.05, 0) is 28.7 Å². The number of nitrogens with two attached hydrogens (primary N) is 1. The van der Waals surface area contributed by atoms with E-state index in [2.05, 4.69) is 45.0 Å². The van der Waals surface area contributed by atoms with E-state index in [1.54, 1.807) is 0 Å². The van der Waals surface area contributed by atoms with Crippen molar-refractivity contribution in [2.24, 2.45) is 0 Å². The molecule has 100 valence electrons. The number of hydrogen-bond donors (Lipinski definition) is 1. The van der Waals surface area contributed by atoms with Crippen LogP contribution in [-0.4, -0.2) is 0 Å². The maximum Gasteiger partial charge on any atom is 0.142 e. The SMILES string of the molecule is CC(C)(C)c1ccc(COc2ccccc2N)cc1. The van der Waals surface area contributed by atoms with Crippen molar-refractivity contribution in [3.63, 3.8) is 0 Å². The van der Waals surface area contributed by atoms with Crippen LogP contribution in [0.4, 0.5) is 5.69 Å². The number of anilines is 1. The largest absolute Gasteiger partial charge is 0.487 e. The molecule has 0 amide bonds. The monoisotopic (exact) mass is 255 g/mol. The highest BCUT2D eigenvalue weighted by Crippen LogP contribution is 2.24. The fourth-order valence-corrected chi connectivity index (χ4v) is 1.87. The number of nitrogen functional groups attached to an aromatic ring is 1. The minimum absolute atomic E-state index is 0.184. The molecule has 0 aliphatic heterocycles. The van der Waals surface area contributed by atoms with Crippen molar-refractivity contribution in [1.82, 2.24) is 0 Å². The van der Waals surface area contributed by atoms with Crippen molar-refractivity contribution in [3.8, 4) is 5.75 Å². The molecule has 0 saturated carbocycles. The van der Waals surface area contributed by atoms with Gasteiger partial charge in [-0.3, -0.25) is 0 Å². The van der Waals surface area contributed by atoms with Crippen molar-refractivity contribution >= 4 is 5.69 Å². The van der Waals surface area contributed by atoms with Gasteiger partial charge in [0, 0.05) is 0 Å². The van der Waals surface area contributed by atoms with Gasteiger partial charge < -0.3 is 10.5 Å². The van der Waals surface area contributed by atoms with E-state index >= 15 is 0 Å². The Morgan fingerprint density at radius 1 is 0.947 bits per heavy atom. The maximum absolute atomic E-state index is 5.84. The summed E-state index contributed by atoms with van der Waals surface area (Å²) in [6.45, 7) is 7.17. The summed E-state index contributed by atoms with van der Waals surface area (Å²) in [7, 11) is 0. The zero-order valence-corrected chi connectivity index (χ0v) is 11.8. The molecule has 2 N–H and O–H groups in total. The Morgan fingerprint density at radius 3 is 2.16 bits per heavy atom. The molecule has 2 nitrogen and oxygen atoms in total. The van der Waals surface area contributed by atoms with Crippen LogP contribution >= 0.6 is 0 Å². The third kappa shape index (κ3) is 3.50. The van der Waals surface area contributed by atoms with Gasteiger partial charge in [0.05, 0.1) is 5.69 Å². The Hall–Kier alpha value is -1.96. The molecule has 0 spiro atoms. The quantitative estimate of drug-likeness (QED) is 0.836. The number of para-hydroxylation sites is 2. The summed E-state index contributed by atoms with van der Waals surface area (Å²) in [6.07, 6.45) is 0. The standard InChI is InChI=1S/C17H21NO/c1-17(2,3)14-10-8-13(9-11-14)12-19-16-7-5-4-6-15(16)18/h4-11H,12,18H2,1-3H3. The Balaban J connectivity index is 2.03. The first-order valence-electron chi connectivity index (χ1n) is 6.53. The van der Waals surface area contributed by atoms with E-state index in [0.29, 0.717) is 12.3 Å². The van der Waals surface area contributed by atoms with Gasteiger partial charge in [0.2, 0.25) is 0 Å². The molecule has 0 aromatic heterocycles. The van der Waals surface area contributed by atoms with Crippen LogP contribution < -0.4 is 10.5 Å². The first-order valence-corrected chi connectivity index (χ1v) is 6.53. The summed E-state index contributed by atoms with van der Waals surface area (Å²) in [5.41, 5.74) is 9.18. The minimum Gasteiger partial charge on any atom is -0.487 e. The summed E-state index contributed by atoms with van der Waals surface area (Å²) in [6, 6.07) is 16.1. The van der Waals surface area contributed by atoms with Crippen molar-refractivity contribution in [3.05, 3.63) is 59.7 Å². The molecule has 0 heterocycles. The molecular weight excluding hydrogens is 234 g/mol. The molecule has 0 atom stereocenters. The van der Waals surface area contributed by atoms with E-state index in [4.69, 9.17) is 10.5 Å². The lowest BCUT2D eigenvalue weighted by atomic mass is 9.87. The van der Waals surface area contributed by atoms with Gasteiger partial charge in [-0.15, -0.1) is 0 Å². The smallest absolute Gasteiger partial charge is 0.142 e. The third-order valence-corrected chi connectivity index (χ3v) is 3.13. The summed E-state index contributed by atoms with van der Waals surface area (Å²) >= 11 is 0. The Bertz CT molecular complexity index is 538. The Labute approximate surface area is 115 Å². The van der Waals surface area contributed by atoms with Crippen molar-refractivity contribution in [2.45, 2.75) is 32.8 Å². The van der Waals surface area contributed by atoms with E-state index in [0.717, 1.165) is 11.3 Å². The van der Waals surface area contributed by atoms with Crippen LogP contribution in [0.15, 0.2) is 48.5 Å². The zero-order valence-electron chi connectivity index (χ0n) is 11.8. The Morgan fingerprint density at radius 2 is 1.58 bits per heavy atom. The Kier molecular flexibility index (Phi) is 3.79. The second kappa shape index (κ2) is 5.35. The second-order valence-corrected chi connectivity index (χ2v) is 5.77. The molecule has 2 heteroatoms. The van der Waals surface area contributed by atoms with Crippen LogP contribution in [0.1, 0.15) is 31.9 Å². The average molecular weight is 255 g/mol. The first-order chi connectivity index (χ1) is 8.97. The second-order valence-electron chi connectivity index (χ2n) is 5.77. The van der Waals surface area contributed by atoms with Crippen molar-refractivity contribution in [1.29, 1.82) is 0 Å². The number of rotatable bonds is 3. The van der Waals surface area contributed by atoms with E-state index in [-0.39, 0.29) is 5.41 Å². The van der Waals surface area contributed by atoms with E-state index < -0.39 is 0 Å². The summed E-state index contributed by atoms with van der Waals surface area (Å²) in [4.78, 5) is 0. The van der Waals surface area contributed by atoms with Gasteiger partial charge in [0.15, 0.2) is 0 Å². The molecular formula is C17H21NO. The van der Waals surface area contributed by atoms with E-state index in [1.807, 2.05) is 24.3 Å². The molecule has 0 fully saturated rings. The van der Waals surface area contributed by atoms with Crippen LogP contribution in [0.2, 0.25) is 0 Å². The average Bonchev–Trinajstić information content (AvgIpc) is 2.37. The van der Waals surface area contributed by atoms with Crippen LogP contribution in [0.25, 0.3) is 0 Å². The van der Waals surface area contributed by atoms with Crippen LogP contribution in [0, 0.1) is 0 Å². The number of ether oxygens (including phenoxy) is 1. The highest BCUT2D eigenvalue weighted by molar-refractivity contribution is 5.51. The van der Waals surface area contributed by atoms with E-state index in [1.165, 1.54) is 5.56 Å². The van der Waals surface area contributed by atoms with Gasteiger partial charge in [-0.2, -0.15) is 0 Å². The lowest BCUT2D eigenvalue weighted by Crippen LogP contribution is -2.10. The van der Waals surface area contributed by atoms with Crippen molar-refractivity contribution in [2.75, 3.05) is 5.73 Å². The van der Waals surface area contributed by atoms with Gasteiger partial charge in [-0.25, -0.2) is 0 Å². The molecule has 19 heavy (non-hydrogen) atoms. The van der Waals surface area contributed by atoms with Crippen molar-refractivity contribution < 1.29 is 4.74 Å². The summed E-state index contributed by atoms with van der Waals surface area (Å²) in [5, 5.41) is 0. The van der Waals surface area contributed by atoms with Crippen LogP contribution in [0.3, 0.4) is 0 Å². The topological polar surface area (TPSA) is 35.2 Å². The molecule has 2 rings (SSSR count). The maximum atomic E-state index is 5.84. The number of hydrogen-bond acceptors (Lipinski definition) is 2. The zero-order chi connectivity index (χ0) is 13.9. The molecule has 0 bridgehead atoms. The van der Waals surface area contributed by atoms with Gasteiger partial charge >= 0.3 is 0 Å². The lowest BCUT2D eigenvalue weighted by molar-refractivity contribution is 0.308. The van der Waals surface area contributed by atoms with E-state index in [9.17, 15) is 0 Å². The molecule has 2 aromatic rings. The predicted octanol–water partition coefficient (Wildman–Crippen LogP) is 4.15. The van der Waals surface area contributed by atoms with Crippen LogP contribution in [0.5, 0.6) is 5.75 Å². The third-order valence-electron chi connectivity index (χ3n) is 3.13. The fraction of sp³-hybridized carbons (Fsp3) is 0.294. The molecule has 0 aliphatic rings. The highest BCUT2D eigenvalue weighted by Gasteiger charge is 2.12. The van der Waals surface area contributed by atoms with Gasteiger partial charge in [0.25, 0.3) is 0 Å². The molecule has 0 saturated heterocycles. The number of benzene rings is 2. The molecule has 0 unspecified atom stereocenters. The summed E-state index contributed by atoms with van der Waals surface area (Å²) in [5.74, 6) is 0.738. The van der Waals surface area contributed by atoms with Gasteiger partial charge in [-0.1, -0.05) is 57.2 Å². The lowest BCUT2D eigenvalue weighted by Gasteiger charge is -2.19. The minimum atomic E-state index is 0.184. The van der Waals surface area contributed by atoms with Crippen LogP contribution in [-0.2, 0) is 12.0 Å². The normalized spacial score (nSPS) is 11.3. The molecule has 0 aliphatic carbocycles. The van der Waals surface area contributed by atoms with Gasteiger partial charge in [0.1, 0.15) is 12.4 Å². The fourth-order valence-electron chi connectivity index (χ4n) is 1.87. The predicted molar refractivity (Wildman–Crippen MR) is 80.3 cm³/mol. The molecule has 2 aromatic carbocycles. The molecule has 0 radical (unpaired) electrons. The highest BCUT2D eigenvalue weighted by atomic mass is 16.5.